The van der Waals surface area contributed by atoms with Gasteiger partial charge in [-0.25, -0.2) is 9.13 Å². The van der Waals surface area contributed by atoms with Gasteiger partial charge in [-0.2, -0.15) is 0 Å². The summed E-state index contributed by atoms with van der Waals surface area (Å²) in [6, 6.07) is 8.79. The number of halogens is 1. The van der Waals surface area contributed by atoms with Gasteiger partial charge in [0, 0.05) is 26.4 Å². The number of aromatic nitrogens is 2. The molecule has 7 heteroatoms. The first kappa shape index (κ1) is 26.1. The van der Waals surface area contributed by atoms with Crippen molar-refractivity contribution in [3.05, 3.63) is 30.1 Å². The molecule has 1 saturated heterocycles. The van der Waals surface area contributed by atoms with Crippen molar-refractivity contribution in [1.82, 2.24) is 9.47 Å². The van der Waals surface area contributed by atoms with E-state index in [9.17, 15) is 0 Å². The van der Waals surface area contributed by atoms with E-state index in [1.165, 1.54) is 29.7 Å². The molecule has 0 spiro atoms. The Hall–Kier alpha value is -1.18. The van der Waals surface area contributed by atoms with Crippen LogP contribution in [0.5, 0.6) is 0 Å². The summed E-state index contributed by atoms with van der Waals surface area (Å²) in [4.78, 5) is 2.55. The SMILES string of the molecule is CCOCCN1CCC(c2n(CCOCC)c3ccccc3[n+]2CCOCC)CC1.[Cl-]. The second-order valence-electron chi connectivity index (χ2n) is 7.86. The van der Waals surface area contributed by atoms with Gasteiger partial charge in [0.25, 0.3) is 5.82 Å². The maximum absolute atomic E-state index is 5.73. The third-order valence-corrected chi connectivity index (χ3v) is 6.05. The average molecular weight is 454 g/mol. The third-order valence-electron chi connectivity index (χ3n) is 6.05. The lowest BCUT2D eigenvalue weighted by Crippen LogP contribution is -3.00. The van der Waals surface area contributed by atoms with Crippen LogP contribution in [0.4, 0.5) is 0 Å². The summed E-state index contributed by atoms with van der Waals surface area (Å²) >= 11 is 0. The molecule has 0 bridgehead atoms. The van der Waals surface area contributed by atoms with Crippen LogP contribution in [0.15, 0.2) is 24.3 Å². The van der Waals surface area contributed by atoms with Crippen molar-refractivity contribution in [2.45, 2.75) is 52.6 Å². The van der Waals surface area contributed by atoms with Crippen molar-refractivity contribution >= 4 is 11.0 Å². The summed E-state index contributed by atoms with van der Waals surface area (Å²) in [7, 11) is 0. The Balaban J connectivity index is 0.00000341. The Labute approximate surface area is 193 Å². The van der Waals surface area contributed by atoms with E-state index in [-0.39, 0.29) is 12.4 Å². The lowest BCUT2D eigenvalue weighted by Gasteiger charge is -2.30. The summed E-state index contributed by atoms with van der Waals surface area (Å²) < 4.78 is 22.0. The summed E-state index contributed by atoms with van der Waals surface area (Å²) in [6.45, 7) is 16.0. The third kappa shape index (κ3) is 6.90. The van der Waals surface area contributed by atoms with Gasteiger partial charge in [0.15, 0.2) is 11.0 Å². The van der Waals surface area contributed by atoms with Gasteiger partial charge in [-0.15, -0.1) is 0 Å². The molecule has 1 aliphatic rings. The molecule has 0 N–H and O–H groups in total. The molecule has 1 aromatic carbocycles. The fourth-order valence-electron chi connectivity index (χ4n) is 4.58. The first-order valence-corrected chi connectivity index (χ1v) is 11.8. The van der Waals surface area contributed by atoms with Crippen molar-refractivity contribution in [2.24, 2.45) is 0 Å². The second-order valence-corrected chi connectivity index (χ2v) is 7.86. The molecule has 176 valence electrons. The van der Waals surface area contributed by atoms with Gasteiger partial charge < -0.3 is 31.5 Å². The Morgan fingerprint density at radius 1 is 0.871 bits per heavy atom. The maximum atomic E-state index is 5.73. The molecule has 6 nitrogen and oxygen atoms in total. The van der Waals surface area contributed by atoms with Gasteiger partial charge in [0.2, 0.25) is 0 Å². The fourth-order valence-corrected chi connectivity index (χ4v) is 4.58. The van der Waals surface area contributed by atoms with E-state index in [0.717, 1.165) is 72.4 Å². The molecule has 1 aliphatic heterocycles. The lowest BCUT2D eigenvalue weighted by molar-refractivity contribution is -0.683. The lowest BCUT2D eigenvalue weighted by atomic mass is 9.95. The molecule has 31 heavy (non-hydrogen) atoms. The summed E-state index contributed by atoms with van der Waals surface area (Å²) in [6.07, 6.45) is 2.37. The molecule has 1 aromatic heterocycles. The number of hydrogen-bond acceptors (Lipinski definition) is 4. The number of ether oxygens (including phenoxy) is 3. The van der Waals surface area contributed by atoms with Gasteiger partial charge >= 0.3 is 0 Å². The highest BCUT2D eigenvalue weighted by Crippen LogP contribution is 2.29. The molecule has 0 aliphatic carbocycles. The van der Waals surface area contributed by atoms with E-state index in [1.54, 1.807) is 0 Å². The molecule has 0 atom stereocenters. The Bertz CT molecular complexity index is 713. The number of rotatable bonds is 13. The van der Waals surface area contributed by atoms with Crippen molar-refractivity contribution in [1.29, 1.82) is 0 Å². The van der Waals surface area contributed by atoms with Gasteiger partial charge in [-0.1, -0.05) is 12.1 Å². The second kappa shape index (κ2) is 14.1. The van der Waals surface area contributed by atoms with E-state index in [4.69, 9.17) is 14.2 Å². The Morgan fingerprint density at radius 3 is 2.16 bits per heavy atom. The molecule has 0 radical (unpaired) electrons. The molecule has 3 rings (SSSR count). The molecule has 1 fully saturated rings. The zero-order valence-corrected chi connectivity index (χ0v) is 20.3. The van der Waals surface area contributed by atoms with Gasteiger partial charge in [0.05, 0.1) is 25.7 Å². The minimum absolute atomic E-state index is 0. The van der Waals surface area contributed by atoms with Crippen LogP contribution in [-0.4, -0.2) is 68.7 Å². The number of nitrogens with zero attached hydrogens (tertiary/aromatic N) is 3. The van der Waals surface area contributed by atoms with E-state index in [2.05, 4.69) is 59.1 Å². The topological polar surface area (TPSA) is 39.7 Å². The predicted molar refractivity (Wildman–Crippen MR) is 120 cm³/mol. The van der Waals surface area contributed by atoms with E-state index in [1.807, 2.05) is 0 Å². The standard InChI is InChI=1S/C24H40N3O3.ClH/c1-4-28-18-15-25-13-11-21(12-14-25)24-26(16-19-29-5-2)22-9-7-8-10-23(22)27(24)17-20-30-6-3;/h7-10,21H,4-6,11-20H2,1-3H3;1H/q+1;/p-1. The van der Waals surface area contributed by atoms with Crippen molar-refractivity contribution in [3.63, 3.8) is 0 Å². The Morgan fingerprint density at radius 2 is 1.48 bits per heavy atom. The highest BCUT2D eigenvalue weighted by Gasteiger charge is 2.33. The number of para-hydroxylation sites is 2. The van der Waals surface area contributed by atoms with Crippen LogP contribution in [-0.2, 0) is 27.3 Å². The van der Waals surface area contributed by atoms with Gasteiger partial charge in [-0.3, -0.25) is 0 Å². The Kier molecular flexibility index (Phi) is 11.8. The van der Waals surface area contributed by atoms with Crippen molar-refractivity contribution in [3.8, 4) is 0 Å². The first-order chi connectivity index (χ1) is 14.8. The molecule has 0 amide bonds. The highest BCUT2D eigenvalue weighted by molar-refractivity contribution is 5.72. The van der Waals surface area contributed by atoms with Crippen LogP contribution >= 0.6 is 0 Å². The molecule has 2 heterocycles. The van der Waals surface area contributed by atoms with Gasteiger partial charge in [0.1, 0.15) is 13.1 Å². The van der Waals surface area contributed by atoms with E-state index in [0.29, 0.717) is 5.92 Å². The number of benzene rings is 1. The number of likely N-dealkylation sites (tertiary alicyclic amines) is 1. The number of piperidine rings is 1. The van der Waals surface area contributed by atoms with Crippen LogP contribution < -0.4 is 17.0 Å². The molecular weight excluding hydrogens is 414 g/mol. The zero-order valence-electron chi connectivity index (χ0n) is 19.5. The monoisotopic (exact) mass is 453 g/mol. The number of hydrogen-bond donors (Lipinski definition) is 0. The van der Waals surface area contributed by atoms with Crippen LogP contribution in [0.2, 0.25) is 0 Å². The average Bonchev–Trinajstić information content (AvgIpc) is 3.08. The summed E-state index contributed by atoms with van der Waals surface area (Å²) in [5.41, 5.74) is 2.62. The highest BCUT2D eigenvalue weighted by atomic mass is 35.5. The molecule has 2 aromatic rings. The van der Waals surface area contributed by atoms with Crippen molar-refractivity contribution in [2.75, 3.05) is 59.3 Å². The predicted octanol–water partition coefficient (Wildman–Crippen LogP) is 0.222. The van der Waals surface area contributed by atoms with Crippen LogP contribution in [0.25, 0.3) is 11.0 Å². The molecule has 0 unspecified atom stereocenters. The minimum Gasteiger partial charge on any atom is -1.00 e. The summed E-state index contributed by atoms with van der Waals surface area (Å²) in [5, 5.41) is 0. The zero-order chi connectivity index (χ0) is 21.2. The minimum atomic E-state index is 0. The number of imidazole rings is 1. The van der Waals surface area contributed by atoms with Crippen LogP contribution in [0.3, 0.4) is 0 Å². The fraction of sp³-hybridized carbons (Fsp3) is 0.708. The number of fused-ring (bicyclic) bond motifs is 1. The summed E-state index contributed by atoms with van der Waals surface area (Å²) in [5.74, 6) is 2.00. The molecule has 0 saturated carbocycles. The normalized spacial score (nSPS) is 15.5. The quantitative estimate of drug-likeness (QED) is 0.321. The van der Waals surface area contributed by atoms with E-state index >= 15 is 0 Å². The van der Waals surface area contributed by atoms with Crippen LogP contribution in [0.1, 0.15) is 45.4 Å². The largest absolute Gasteiger partial charge is 1.00 e. The maximum Gasteiger partial charge on any atom is 0.260 e. The van der Waals surface area contributed by atoms with E-state index < -0.39 is 0 Å². The van der Waals surface area contributed by atoms with Crippen LogP contribution in [0, 0.1) is 0 Å². The molecular formula is C24H40ClN3O3. The van der Waals surface area contributed by atoms with Gasteiger partial charge in [-0.05, 0) is 58.8 Å². The first-order valence-electron chi connectivity index (χ1n) is 11.8. The van der Waals surface area contributed by atoms with Crippen molar-refractivity contribution < 1.29 is 31.2 Å². The smallest absolute Gasteiger partial charge is 0.260 e.